The van der Waals surface area contributed by atoms with Crippen molar-refractivity contribution in [3.63, 3.8) is 0 Å². The molecule has 0 aromatic carbocycles. The van der Waals surface area contributed by atoms with Crippen molar-refractivity contribution in [2.24, 2.45) is 0 Å². The zero-order chi connectivity index (χ0) is 20.1. The fraction of sp³-hybridized carbons (Fsp3) is 0.333. The van der Waals surface area contributed by atoms with Gasteiger partial charge in [-0.2, -0.15) is 5.10 Å². The maximum atomic E-state index is 12.9. The van der Waals surface area contributed by atoms with Crippen molar-refractivity contribution in [3.8, 4) is 11.4 Å². The number of hydrogen-bond donors (Lipinski definition) is 1. The van der Waals surface area contributed by atoms with Gasteiger partial charge in [0.25, 0.3) is 5.56 Å². The van der Waals surface area contributed by atoms with Crippen LogP contribution >= 0.6 is 0 Å². The van der Waals surface area contributed by atoms with E-state index in [0.717, 1.165) is 42.2 Å². The molecule has 1 N–H and O–H groups in total. The minimum Gasteiger partial charge on any atom is -0.368 e. The van der Waals surface area contributed by atoms with E-state index in [1.807, 2.05) is 38.4 Å². The number of pyridine rings is 1. The molecule has 0 radical (unpaired) electrons. The lowest BCUT2D eigenvalue weighted by Gasteiger charge is -2.33. The Morgan fingerprint density at radius 2 is 1.97 bits per heavy atom. The number of aryl methyl sites for hydroxylation is 2. The van der Waals surface area contributed by atoms with Gasteiger partial charge in [-0.05, 0) is 44.5 Å². The van der Waals surface area contributed by atoms with Crippen LogP contribution in [0.3, 0.4) is 0 Å². The van der Waals surface area contributed by atoms with Crippen LogP contribution in [0.1, 0.15) is 18.2 Å². The van der Waals surface area contributed by atoms with Crippen LogP contribution in [0.2, 0.25) is 0 Å². The summed E-state index contributed by atoms with van der Waals surface area (Å²) in [6, 6.07) is 7.82. The van der Waals surface area contributed by atoms with Gasteiger partial charge in [0.15, 0.2) is 5.65 Å². The number of rotatable bonds is 2. The molecule has 1 aliphatic heterocycles. The predicted molar refractivity (Wildman–Crippen MR) is 113 cm³/mol. The third-order valence-electron chi connectivity index (χ3n) is 5.37. The number of piperazine rings is 1. The highest BCUT2D eigenvalue weighted by Crippen LogP contribution is 2.21. The van der Waals surface area contributed by atoms with Gasteiger partial charge in [-0.3, -0.25) is 9.20 Å². The molecule has 5 rings (SSSR count). The maximum Gasteiger partial charge on any atom is 0.258 e. The van der Waals surface area contributed by atoms with Crippen LogP contribution in [0.15, 0.2) is 41.5 Å². The van der Waals surface area contributed by atoms with Crippen molar-refractivity contribution in [2.75, 3.05) is 24.5 Å². The van der Waals surface area contributed by atoms with E-state index in [4.69, 9.17) is 4.98 Å². The molecule has 0 saturated carbocycles. The molecule has 1 saturated heterocycles. The minimum absolute atomic E-state index is 0.109. The first-order valence-corrected chi connectivity index (χ1v) is 9.84. The van der Waals surface area contributed by atoms with Gasteiger partial charge < -0.3 is 10.2 Å². The van der Waals surface area contributed by atoms with Gasteiger partial charge in [0, 0.05) is 37.9 Å². The largest absolute Gasteiger partial charge is 0.368 e. The Kier molecular flexibility index (Phi) is 4.09. The van der Waals surface area contributed by atoms with Gasteiger partial charge in [-0.15, -0.1) is 0 Å². The van der Waals surface area contributed by atoms with Crippen LogP contribution in [0.25, 0.3) is 22.7 Å². The Morgan fingerprint density at radius 1 is 1.10 bits per heavy atom. The van der Waals surface area contributed by atoms with Crippen LogP contribution in [-0.4, -0.2) is 49.7 Å². The fourth-order valence-corrected chi connectivity index (χ4v) is 3.96. The molecule has 0 aliphatic carbocycles. The van der Waals surface area contributed by atoms with Gasteiger partial charge in [0.2, 0.25) is 0 Å². The number of anilines is 1. The van der Waals surface area contributed by atoms with E-state index in [1.54, 1.807) is 15.0 Å². The van der Waals surface area contributed by atoms with Gasteiger partial charge in [0.05, 0.1) is 23.3 Å². The second-order valence-electron chi connectivity index (χ2n) is 7.76. The van der Waals surface area contributed by atoms with Crippen molar-refractivity contribution >= 4 is 17.0 Å². The van der Waals surface area contributed by atoms with E-state index in [1.165, 1.54) is 0 Å². The fourth-order valence-electron chi connectivity index (χ4n) is 3.96. The van der Waals surface area contributed by atoms with E-state index in [-0.39, 0.29) is 5.56 Å². The molecule has 0 bridgehead atoms. The van der Waals surface area contributed by atoms with Crippen LogP contribution < -0.4 is 15.8 Å². The molecule has 0 unspecified atom stereocenters. The zero-order valence-electron chi connectivity index (χ0n) is 16.8. The Balaban J connectivity index is 1.61. The molecule has 4 aromatic heterocycles. The third-order valence-corrected chi connectivity index (χ3v) is 5.37. The van der Waals surface area contributed by atoms with Crippen molar-refractivity contribution < 1.29 is 0 Å². The first-order valence-electron chi connectivity index (χ1n) is 9.84. The number of nitrogens with zero attached hydrogens (tertiary/aromatic N) is 6. The summed E-state index contributed by atoms with van der Waals surface area (Å²) in [4.78, 5) is 24.4. The second-order valence-corrected chi connectivity index (χ2v) is 7.76. The first-order chi connectivity index (χ1) is 14.0. The summed E-state index contributed by atoms with van der Waals surface area (Å²) in [5.74, 6) is 0. The van der Waals surface area contributed by atoms with Gasteiger partial charge in [-0.1, -0.05) is 0 Å². The average Bonchev–Trinajstić information content (AvgIpc) is 3.07. The molecule has 1 atom stereocenters. The van der Waals surface area contributed by atoms with Crippen molar-refractivity contribution in [2.45, 2.75) is 26.8 Å². The highest BCUT2D eigenvalue weighted by atomic mass is 16.1. The number of aromatic nitrogens is 5. The standard InChI is InChI=1S/C21H23N7O/c1-13-8-16(26-7-6-22-14(2)10-26)12-27-20(29)9-18(24-21(13)27)17-4-5-19-23-15(3)11-28(19)25-17/h4-5,8-9,11-12,14,22H,6-7,10H2,1-3H3/t14-/m1/s1. The molecular formula is C21H23N7O. The van der Waals surface area contributed by atoms with Crippen LogP contribution in [0.4, 0.5) is 5.69 Å². The summed E-state index contributed by atoms with van der Waals surface area (Å²) in [6.07, 6.45) is 3.76. The summed E-state index contributed by atoms with van der Waals surface area (Å²) >= 11 is 0. The number of imidazole rings is 1. The molecule has 8 nitrogen and oxygen atoms in total. The number of nitrogens with one attached hydrogen (secondary N) is 1. The Morgan fingerprint density at radius 3 is 2.79 bits per heavy atom. The average molecular weight is 389 g/mol. The molecule has 1 aliphatic rings. The highest BCUT2D eigenvalue weighted by molar-refractivity contribution is 5.63. The van der Waals surface area contributed by atoms with Crippen LogP contribution in [-0.2, 0) is 0 Å². The summed E-state index contributed by atoms with van der Waals surface area (Å²) in [5, 5.41) is 8.02. The quantitative estimate of drug-likeness (QED) is 0.563. The Bertz CT molecular complexity index is 1290. The molecule has 5 heterocycles. The molecular weight excluding hydrogens is 366 g/mol. The van der Waals surface area contributed by atoms with Crippen LogP contribution in [0, 0.1) is 13.8 Å². The lowest BCUT2D eigenvalue weighted by molar-refractivity contribution is 0.484. The van der Waals surface area contributed by atoms with Gasteiger partial charge in [-0.25, -0.2) is 14.5 Å². The van der Waals surface area contributed by atoms with E-state index >= 15 is 0 Å². The lowest BCUT2D eigenvalue weighted by Crippen LogP contribution is -2.49. The summed E-state index contributed by atoms with van der Waals surface area (Å²) in [7, 11) is 0. The molecule has 4 aromatic rings. The smallest absolute Gasteiger partial charge is 0.258 e. The summed E-state index contributed by atoms with van der Waals surface area (Å²) in [5.41, 5.74) is 5.44. The van der Waals surface area contributed by atoms with Gasteiger partial charge in [0.1, 0.15) is 11.3 Å². The molecule has 29 heavy (non-hydrogen) atoms. The molecule has 0 spiro atoms. The topological polar surface area (TPSA) is 79.8 Å². The zero-order valence-corrected chi connectivity index (χ0v) is 16.8. The van der Waals surface area contributed by atoms with E-state index in [9.17, 15) is 4.79 Å². The monoisotopic (exact) mass is 389 g/mol. The lowest BCUT2D eigenvalue weighted by atomic mass is 10.2. The normalized spacial score (nSPS) is 17.3. The van der Waals surface area contributed by atoms with Gasteiger partial charge >= 0.3 is 0 Å². The van der Waals surface area contributed by atoms with Crippen molar-refractivity contribution in [3.05, 3.63) is 58.3 Å². The van der Waals surface area contributed by atoms with E-state index < -0.39 is 0 Å². The van der Waals surface area contributed by atoms with Crippen molar-refractivity contribution in [1.82, 2.24) is 29.3 Å². The first kappa shape index (κ1) is 17.8. The highest BCUT2D eigenvalue weighted by Gasteiger charge is 2.18. The van der Waals surface area contributed by atoms with E-state index in [2.05, 4.69) is 33.3 Å². The molecule has 148 valence electrons. The number of hydrogen-bond acceptors (Lipinski definition) is 6. The predicted octanol–water partition coefficient (Wildman–Crippen LogP) is 1.82. The summed E-state index contributed by atoms with van der Waals surface area (Å²) in [6.45, 7) is 8.87. The Labute approximate surface area is 167 Å². The second kappa shape index (κ2) is 6.66. The summed E-state index contributed by atoms with van der Waals surface area (Å²) < 4.78 is 3.36. The third kappa shape index (κ3) is 3.15. The number of fused-ring (bicyclic) bond motifs is 2. The Hall–Kier alpha value is -3.26. The maximum absolute atomic E-state index is 12.9. The molecule has 8 heteroatoms. The minimum atomic E-state index is -0.109. The SMILES string of the molecule is Cc1cn2nc(-c3cc(=O)n4cc(N5CCN[C@H](C)C5)cc(C)c4n3)ccc2n1. The molecule has 1 fully saturated rings. The molecule has 0 amide bonds. The van der Waals surface area contributed by atoms with Crippen molar-refractivity contribution in [1.29, 1.82) is 0 Å². The van der Waals surface area contributed by atoms with E-state index in [0.29, 0.717) is 23.1 Å². The van der Waals surface area contributed by atoms with Crippen LogP contribution in [0.5, 0.6) is 0 Å².